The average Bonchev–Trinajstić information content (AvgIpc) is 2.84. The summed E-state index contributed by atoms with van der Waals surface area (Å²) in [6, 6.07) is 6.60. The monoisotopic (exact) mass is 488 g/mol. The first-order valence-electron chi connectivity index (χ1n) is 10.4. The summed E-state index contributed by atoms with van der Waals surface area (Å²) >= 11 is 11.8. The summed E-state index contributed by atoms with van der Waals surface area (Å²) < 4.78 is 26.4. The first-order chi connectivity index (χ1) is 15.9. The van der Waals surface area contributed by atoms with Gasteiger partial charge in [0.25, 0.3) is 0 Å². The van der Waals surface area contributed by atoms with Crippen molar-refractivity contribution in [2.75, 3.05) is 25.5 Å². The van der Waals surface area contributed by atoms with E-state index in [0.717, 1.165) is 31.6 Å². The summed E-state index contributed by atoms with van der Waals surface area (Å²) in [5.74, 6) is 0.875. The summed E-state index contributed by atoms with van der Waals surface area (Å²) in [7, 11) is 1.58. The number of hydrogen-bond donors (Lipinski definition) is 1. The fourth-order valence-corrected chi connectivity index (χ4v) is 4.05. The van der Waals surface area contributed by atoms with Gasteiger partial charge in [0.2, 0.25) is 0 Å². The van der Waals surface area contributed by atoms with Crippen molar-refractivity contribution in [2.24, 2.45) is 0 Å². The predicted molar refractivity (Wildman–Crippen MR) is 130 cm³/mol. The molecule has 1 aliphatic rings. The van der Waals surface area contributed by atoms with Gasteiger partial charge in [-0.1, -0.05) is 36.4 Å². The minimum atomic E-state index is -0.659. The van der Waals surface area contributed by atoms with Crippen LogP contribution >= 0.6 is 23.2 Å². The number of aromatic nitrogens is 2. The lowest BCUT2D eigenvalue weighted by Crippen LogP contribution is -2.37. The van der Waals surface area contributed by atoms with Gasteiger partial charge in [-0.2, -0.15) is 0 Å². The van der Waals surface area contributed by atoms with Gasteiger partial charge in [-0.05, 0) is 24.3 Å². The van der Waals surface area contributed by atoms with Crippen LogP contribution in [0.1, 0.15) is 12.8 Å². The van der Waals surface area contributed by atoms with E-state index in [2.05, 4.69) is 33.3 Å². The van der Waals surface area contributed by atoms with Crippen LogP contribution in [0.25, 0.3) is 10.9 Å². The highest BCUT2D eigenvalue weighted by Gasteiger charge is 2.23. The van der Waals surface area contributed by atoms with E-state index in [1.54, 1.807) is 25.3 Å². The molecule has 1 fully saturated rings. The molecule has 1 N–H and O–H groups in total. The Kier molecular flexibility index (Phi) is 6.91. The molecule has 33 heavy (non-hydrogen) atoms. The number of likely N-dealkylation sites (tertiary alicyclic amines) is 1. The lowest BCUT2D eigenvalue weighted by Gasteiger charge is -2.34. The molecule has 0 amide bonds. The Morgan fingerprint density at radius 2 is 1.97 bits per heavy atom. The van der Waals surface area contributed by atoms with Crippen LogP contribution in [0.4, 0.5) is 15.9 Å². The van der Waals surface area contributed by atoms with Crippen molar-refractivity contribution in [1.29, 1.82) is 0 Å². The van der Waals surface area contributed by atoms with Crippen molar-refractivity contribution >= 4 is 45.6 Å². The topological polar surface area (TPSA) is 59.5 Å². The van der Waals surface area contributed by atoms with Crippen molar-refractivity contribution < 1.29 is 13.9 Å². The standard InChI is InChI=1S/C24H23Cl2FN4O2/c1-4-14(2)31-9-7-15(8-10-31)33-21-11-16-19(12-20(21)32-3)28-13-29-24(16)30-18-6-5-17(25)22(26)23(18)27/h4-6,11-13,15H,1-2,7-10H2,3H3,(H,28,29,30). The van der Waals surface area contributed by atoms with E-state index in [0.29, 0.717) is 28.2 Å². The molecule has 3 aromatic rings. The Balaban J connectivity index is 1.63. The van der Waals surface area contributed by atoms with Crippen molar-refractivity contribution in [3.8, 4) is 11.5 Å². The number of benzene rings is 2. The van der Waals surface area contributed by atoms with E-state index in [1.165, 1.54) is 18.5 Å². The zero-order valence-electron chi connectivity index (χ0n) is 18.1. The molecule has 1 saturated heterocycles. The first-order valence-corrected chi connectivity index (χ1v) is 11.1. The van der Waals surface area contributed by atoms with Crippen LogP contribution in [0.15, 0.2) is 55.5 Å². The highest BCUT2D eigenvalue weighted by atomic mass is 35.5. The minimum absolute atomic E-state index is 0.0128. The smallest absolute Gasteiger partial charge is 0.166 e. The molecule has 6 nitrogen and oxygen atoms in total. The van der Waals surface area contributed by atoms with Gasteiger partial charge in [0.1, 0.15) is 18.2 Å². The third kappa shape index (κ3) is 4.84. The van der Waals surface area contributed by atoms with Gasteiger partial charge in [0.05, 0.1) is 28.4 Å². The van der Waals surface area contributed by atoms with Crippen LogP contribution in [0.3, 0.4) is 0 Å². The maximum absolute atomic E-state index is 14.6. The number of piperidine rings is 1. The summed E-state index contributed by atoms with van der Waals surface area (Å²) in [5, 5.41) is 3.61. The van der Waals surface area contributed by atoms with Gasteiger partial charge < -0.3 is 19.7 Å². The molecule has 172 valence electrons. The fourth-order valence-electron chi connectivity index (χ4n) is 3.73. The van der Waals surface area contributed by atoms with Crippen LogP contribution < -0.4 is 14.8 Å². The van der Waals surface area contributed by atoms with E-state index >= 15 is 0 Å². The highest BCUT2D eigenvalue weighted by Crippen LogP contribution is 2.37. The molecule has 0 bridgehead atoms. The SMILES string of the molecule is C=CC(=C)N1CCC(Oc2cc3c(Nc4ccc(Cl)c(Cl)c4F)ncnc3cc2OC)CC1. The zero-order chi connectivity index (χ0) is 23.5. The highest BCUT2D eigenvalue weighted by molar-refractivity contribution is 6.42. The Morgan fingerprint density at radius 3 is 2.67 bits per heavy atom. The second kappa shape index (κ2) is 9.85. The maximum atomic E-state index is 14.6. The first kappa shape index (κ1) is 23.1. The van der Waals surface area contributed by atoms with Gasteiger partial charge in [0.15, 0.2) is 17.3 Å². The van der Waals surface area contributed by atoms with E-state index in [1.807, 2.05) is 0 Å². The van der Waals surface area contributed by atoms with Gasteiger partial charge in [-0.3, -0.25) is 0 Å². The molecule has 1 aliphatic heterocycles. The summed E-state index contributed by atoms with van der Waals surface area (Å²) in [5.41, 5.74) is 1.69. The number of methoxy groups -OCH3 is 1. The number of halogens is 3. The fraction of sp³-hybridized carbons (Fsp3) is 0.250. The van der Waals surface area contributed by atoms with Crippen LogP contribution in [0, 0.1) is 5.82 Å². The minimum Gasteiger partial charge on any atom is -0.493 e. The van der Waals surface area contributed by atoms with Gasteiger partial charge in [-0.15, -0.1) is 0 Å². The Morgan fingerprint density at radius 1 is 1.21 bits per heavy atom. The van der Waals surface area contributed by atoms with Crippen molar-refractivity contribution in [2.45, 2.75) is 18.9 Å². The zero-order valence-corrected chi connectivity index (χ0v) is 19.6. The molecule has 4 rings (SSSR count). The quantitative estimate of drug-likeness (QED) is 0.308. The van der Waals surface area contributed by atoms with Gasteiger partial charge in [0, 0.05) is 43.1 Å². The Hall–Kier alpha value is -3.03. The molecule has 2 aromatic carbocycles. The molecule has 1 aromatic heterocycles. The summed E-state index contributed by atoms with van der Waals surface area (Å²) in [4.78, 5) is 10.8. The van der Waals surface area contributed by atoms with Crippen LogP contribution in [-0.2, 0) is 0 Å². The molecule has 0 unspecified atom stereocenters. The van der Waals surface area contributed by atoms with Gasteiger partial charge in [-0.25, -0.2) is 14.4 Å². The second-order valence-electron chi connectivity index (χ2n) is 7.59. The molecule has 0 spiro atoms. The molecular weight excluding hydrogens is 466 g/mol. The van der Waals surface area contributed by atoms with E-state index < -0.39 is 5.82 Å². The van der Waals surface area contributed by atoms with Crippen LogP contribution in [0.2, 0.25) is 10.0 Å². The Bertz CT molecular complexity index is 1210. The number of nitrogens with one attached hydrogen (secondary N) is 1. The summed E-state index contributed by atoms with van der Waals surface area (Å²) in [6.07, 6.45) is 4.83. The molecule has 0 atom stereocenters. The number of rotatable bonds is 7. The third-order valence-corrected chi connectivity index (χ3v) is 6.37. The molecule has 2 heterocycles. The van der Waals surface area contributed by atoms with Crippen molar-refractivity contribution in [1.82, 2.24) is 14.9 Å². The molecule has 0 aliphatic carbocycles. The number of nitrogens with zero attached hydrogens (tertiary/aromatic N) is 3. The van der Waals surface area contributed by atoms with E-state index in [-0.39, 0.29) is 21.8 Å². The van der Waals surface area contributed by atoms with Crippen LogP contribution in [0.5, 0.6) is 11.5 Å². The molecule has 0 saturated carbocycles. The van der Waals surface area contributed by atoms with E-state index in [9.17, 15) is 4.39 Å². The third-order valence-electron chi connectivity index (χ3n) is 5.59. The maximum Gasteiger partial charge on any atom is 0.166 e. The average molecular weight is 489 g/mol. The Labute approximate surface area is 201 Å². The number of allylic oxidation sites excluding steroid dienone is 1. The molecule has 0 radical (unpaired) electrons. The van der Waals surface area contributed by atoms with Crippen molar-refractivity contribution in [3.05, 3.63) is 71.4 Å². The van der Waals surface area contributed by atoms with Crippen LogP contribution in [-0.4, -0.2) is 41.2 Å². The number of fused-ring (bicyclic) bond motifs is 1. The number of anilines is 2. The molecular formula is C24H23Cl2FN4O2. The van der Waals surface area contributed by atoms with Gasteiger partial charge >= 0.3 is 0 Å². The lowest BCUT2D eigenvalue weighted by atomic mass is 10.1. The van der Waals surface area contributed by atoms with E-state index in [4.69, 9.17) is 32.7 Å². The second-order valence-corrected chi connectivity index (χ2v) is 8.38. The predicted octanol–water partition coefficient (Wildman–Crippen LogP) is 6.37. The normalized spacial score (nSPS) is 14.2. The number of hydrogen-bond acceptors (Lipinski definition) is 6. The largest absolute Gasteiger partial charge is 0.493 e. The molecule has 9 heteroatoms. The summed E-state index contributed by atoms with van der Waals surface area (Å²) in [6.45, 7) is 9.46. The lowest BCUT2D eigenvalue weighted by molar-refractivity contribution is 0.116. The van der Waals surface area contributed by atoms with Crippen molar-refractivity contribution in [3.63, 3.8) is 0 Å². The number of ether oxygens (including phenoxy) is 2.